The first-order chi connectivity index (χ1) is 16.0. The molecule has 0 aliphatic carbocycles. The fraction of sp³-hybridized carbons (Fsp3) is 0.333. The molecule has 0 aromatic heterocycles. The highest BCUT2D eigenvalue weighted by atomic mass is 16.7. The molecule has 1 spiro atoms. The van der Waals surface area contributed by atoms with Crippen molar-refractivity contribution in [3.63, 3.8) is 0 Å². The van der Waals surface area contributed by atoms with Crippen LogP contribution in [0.25, 0.3) is 0 Å². The number of hydrogen-bond acceptors (Lipinski definition) is 7. The molecule has 2 amide bonds. The van der Waals surface area contributed by atoms with Crippen LogP contribution in [0.3, 0.4) is 0 Å². The van der Waals surface area contributed by atoms with E-state index in [4.69, 9.17) is 23.7 Å². The Balaban J connectivity index is 1.28. The van der Waals surface area contributed by atoms with E-state index in [1.165, 1.54) is 0 Å². The van der Waals surface area contributed by atoms with E-state index in [-0.39, 0.29) is 18.6 Å². The van der Waals surface area contributed by atoms with Gasteiger partial charge in [-0.3, -0.25) is 9.59 Å². The minimum Gasteiger partial charge on any atom is -0.497 e. The molecule has 0 saturated carbocycles. The Morgan fingerprint density at radius 2 is 1.85 bits per heavy atom. The summed E-state index contributed by atoms with van der Waals surface area (Å²) in [5, 5.41) is 2.92. The van der Waals surface area contributed by atoms with Gasteiger partial charge in [-0.05, 0) is 12.1 Å². The molecule has 4 aliphatic rings. The third-order valence-electron chi connectivity index (χ3n) is 6.69. The SMILES string of the molecule is COc1cc(NC(=O)C2C3C=C[C@]4(CN(c5ccc6c(c5)OCO6)C(=O)C24)O3)cc(OC)c1. The highest BCUT2D eigenvalue weighted by Gasteiger charge is 2.67. The maximum Gasteiger partial charge on any atom is 0.234 e. The molecule has 2 saturated heterocycles. The molecule has 4 aliphatic heterocycles. The van der Waals surface area contributed by atoms with Crippen molar-refractivity contribution in [3.05, 3.63) is 48.6 Å². The third kappa shape index (κ3) is 2.96. The molecule has 4 heterocycles. The Labute approximate surface area is 189 Å². The summed E-state index contributed by atoms with van der Waals surface area (Å²) in [6.45, 7) is 0.490. The van der Waals surface area contributed by atoms with Gasteiger partial charge in [-0.15, -0.1) is 0 Å². The summed E-state index contributed by atoms with van der Waals surface area (Å²) in [5.74, 6) is 0.636. The average molecular weight is 450 g/mol. The lowest BCUT2D eigenvalue weighted by Crippen LogP contribution is -2.41. The molecular formula is C24H22N2O7. The summed E-state index contributed by atoms with van der Waals surface area (Å²) in [6, 6.07) is 10.5. The summed E-state index contributed by atoms with van der Waals surface area (Å²) in [7, 11) is 3.08. The van der Waals surface area contributed by atoms with Gasteiger partial charge < -0.3 is 33.9 Å². The summed E-state index contributed by atoms with van der Waals surface area (Å²) in [4.78, 5) is 28.6. The standard InChI is InChI=1S/C24H22N2O7/c1-29-15-7-13(8-16(10-15)30-2)25-22(27)20-18-5-6-24(33-18)11-26(23(28)21(20)24)14-3-4-17-19(9-14)32-12-31-17/h3-10,18,20-21H,11-12H2,1-2H3,(H,25,27)/t18?,20?,21?,24-/m1/s1. The van der Waals surface area contributed by atoms with Gasteiger partial charge in [-0.1, -0.05) is 12.2 Å². The maximum atomic E-state index is 13.6. The lowest BCUT2D eigenvalue weighted by molar-refractivity contribution is -0.128. The summed E-state index contributed by atoms with van der Waals surface area (Å²) >= 11 is 0. The summed E-state index contributed by atoms with van der Waals surface area (Å²) < 4.78 is 27.6. The topological polar surface area (TPSA) is 95.6 Å². The van der Waals surface area contributed by atoms with Crippen molar-refractivity contribution < 1.29 is 33.3 Å². The van der Waals surface area contributed by atoms with Crippen LogP contribution in [-0.2, 0) is 14.3 Å². The lowest BCUT2D eigenvalue weighted by Gasteiger charge is -2.23. The number of nitrogens with zero attached hydrogens (tertiary/aromatic N) is 1. The third-order valence-corrected chi connectivity index (χ3v) is 6.69. The molecule has 6 rings (SSSR count). The second-order valence-corrected chi connectivity index (χ2v) is 8.45. The molecule has 4 atom stereocenters. The van der Waals surface area contributed by atoms with Crippen LogP contribution in [0, 0.1) is 11.8 Å². The minimum absolute atomic E-state index is 0.149. The van der Waals surface area contributed by atoms with Gasteiger partial charge in [0.2, 0.25) is 18.6 Å². The van der Waals surface area contributed by atoms with E-state index >= 15 is 0 Å². The van der Waals surface area contributed by atoms with Gasteiger partial charge in [-0.25, -0.2) is 0 Å². The van der Waals surface area contributed by atoms with Crippen LogP contribution in [0.5, 0.6) is 23.0 Å². The number of carbonyl (C=O) groups excluding carboxylic acids is 2. The van der Waals surface area contributed by atoms with Gasteiger partial charge in [0.05, 0.1) is 38.7 Å². The van der Waals surface area contributed by atoms with Crippen molar-refractivity contribution in [1.82, 2.24) is 0 Å². The van der Waals surface area contributed by atoms with Crippen LogP contribution in [-0.4, -0.2) is 51.1 Å². The molecule has 0 radical (unpaired) electrons. The zero-order chi connectivity index (χ0) is 22.7. The van der Waals surface area contributed by atoms with Crippen LogP contribution < -0.4 is 29.2 Å². The molecule has 3 unspecified atom stereocenters. The van der Waals surface area contributed by atoms with Crippen molar-refractivity contribution in [3.8, 4) is 23.0 Å². The summed E-state index contributed by atoms with van der Waals surface area (Å²) in [6.07, 6.45) is 3.35. The Kier molecular flexibility index (Phi) is 4.31. The lowest BCUT2D eigenvalue weighted by atomic mass is 9.77. The predicted molar refractivity (Wildman–Crippen MR) is 117 cm³/mol. The number of carbonyl (C=O) groups is 2. The number of hydrogen-bond donors (Lipinski definition) is 1. The molecule has 2 fully saturated rings. The van der Waals surface area contributed by atoms with Crippen LogP contribution in [0.1, 0.15) is 0 Å². The number of nitrogens with one attached hydrogen (secondary N) is 1. The zero-order valence-corrected chi connectivity index (χ0v) is 18.1. The monoisotopic (exact) mass is 450 g/mol. The van der Waals surface area contributed by atoms with E-state index in [1.54, 1.807) is 49.5 Å². The first-order valence-corrected chi connectivity index (χ1v) is 10.6. The fourth-order valence-corrected chi connectivity index (χ4v) is 5.17. The van der Waals surface area contributed by atoms with Crippen molar-refractivity contribution >= 4 is 23.2 Å². The smallest absolute Gasteiger partial charge is 0.234 e. The molecule has 2 aromatic carbocycles. The van der Waals surface area contributed by atoms with E-state index in [9.17, 15) is 9.59 Å². The maximum absolute atomic E-state index is 13.6. The van der Waals surface area contributed by atoms with E-state index < -0.39 is 23.5 Å². The number of amides is 2. The highest BCUT2D eigenvalue weighted by molar-refractivity contribution is 6.05. The highest BCUT2D eigenvalue weighted by Crippen LogP contribution is 2.53. The number of anilines is 2. The van der Waals surface area contributed by atoms with E-state index in [0.29, 0.717) is 40.9 Å². The van der Waals surface area contributed by atoms with Crippen LogP contribution in [0.4, 0.5) is 11.4 Å². The Morgan fingerprint density at radius 1 is 1.09 bits per heavy atom. The molecule has 9 nitrogen and oxygen atoms in total. The first-order valence-electron chi connectivity index (χ1n) is 10.6. The van der Waals surface area contributed by atoms with Crippen molar-refractivity contribution in [2.45, 2.75) is 11.7 Å². The zero-order valence-electron chi connectivity index (χ0n) is 18.1. The van der Waals surface area contributed by atoms with Gasteiger partial charge in [-0.2, -0.15) is 0 Å². The second kappa shape index (κ2) is 7.14. The number of ether oxygens (including phenoxy) is 5. The largest absolute Gasteiger partial charge is 0.497 e. The number of fused-ring (bicyclic) bond motifs is 2. The second-order valence-electron chi connectivity index (χ2n) is 8.45. The molecule has 9 heteroatoms. The Hall–Kier alpha value is -3.72. The Bertz CT molecular complexity index is 1170. The van der Waals surface area contributed by atoms with E-state index in [1.807, 2.05) is 18.2 Å². The molecule has 1 N–H and O–H groups in total. The molecular weight excluding hydrogens is 428 g/mol. The fourth-order valence-electron chi connectivity index (χ4n) is 5.17. The van der Waals surface area contributed by atoms with E-state index in [2.05, 4.69) is 5.32 Å². The molecule has 2 bridgehead atoms. The van der Waals surface area contributed by atoms with Gasteiger partial charge >= 0.3 is 0 Å². The van der Waals surface area contributed by atoms with E-state index in [0.717, 1.165) is 0 Å². The summed E-state index contributed by atoms with van der Waals surface area (Å²) in [5.41, 5.74) is 0.381. The predicted octanol–water partition coefficient (Wildman–Crippen LogP) is 2.36. The van der Waals surface area contributed by atoms with Gasteiger partial charge in [0.1, 0.15) is 17.1 Å². The minimum atomic E-state index is -0.827. The van der Waals surface area contributed by atoms with Crippen molar-refractivity contribution in [2.24, 2.45) is 11.8 Å². The average Bonchev–Trinajstić information content (AvgIpc) is 3.58. The molecule has 33 heavy (non-hydrogen) atoms. The number of rotatable bonds is 5. The van der Waals surface area contributed by atoms with Crippen LogP contribution >= 0.6 is 0 Å². The van der Waals surface area contributed by atoms with Crippen molar-refractivity contribution in [2.75, 3.05) is 37.8 Å². The van der Waals surface area contributed by atoms with Crippen LogP contribution in [0.15, 0.2) is 48.6 Å². The van der Waals surface area contributed by atoms with Gasteiger partial charge in [0, 0.05) is 35.6 Å². The first kappa shape index (κ1) is 19.9. The number of methoxy groups -OCH3 is 2. The molecule has 170 valence electrons. The van der Waals surface area contributed by atoms with Crippen LogP contribution in [0.2, 0.25) is 0 Å². The Morgan fingerprint density at radius 3 is 2.61 bits per heavy atom. The van der Waals surface area contributed by atoms with Gasteiger partial charge in [0.25, 0.3) is 0 Å². The van der Waals surface area contributed by atoms with Gasteiger partial charge in [0.15, 0.2) is 11.5 Å². The quantitative estimate of drug-likeness (QED) is 0.699. The van der Waals surface area contributed by atoms with Crippen molar-refractivity contribution in [1.29, 1.82) is 0 Å². The number of benzene rings is 2. The normalized spacial score (nSPS) is 28.2. The molecule has 2 aromatic rings.